The molecule has 1 aliphatic heterocycles. The van der Waals surface area contributed by atoms with Crippen molar-refractivity contribution in [2.24, 2.45) is 0 Å². The first-order chi connectivity index (χ1) is 5.05. The van der Waals surface area contributed by atoms with E-state index in [0.717, 1.165) is 25.9 Å². The van der Waals surface area contributed by atoms with Crippen molar-refractivity contribution in [3.8, 4) is 0 Å². The maximum absolute atomic E-state index is 11.5. The molecule has 0 saturated carbocycles. The first kappa shape index (κ1) is 9.00. The van der Waals surface area contributed by atoms with Crippen LogP contribution in [0.2, 0.25) is 0 Å². The van der Waals surface area contributed by atoms with Crippen molar-refractivity contribution in [3.05, 3.63) is 0 Å². The minimum atomic E-state index is -2.94. The van der Waals surface area contributed by atoms with Crippen LogP contribution >= 0.6 is 0 Å². The fraction of sp³-hybridized carbons (Fsp3) is 1.00. The molecule has 0 amide bonds. The van der Waals surface area contributed by atoms with Crippen molar-refractivity contribution < 1.29 is 8.42 Å². The first-order valence-corrected chi connectivity index (χ1v) is 5.54. The summed E-state index contributed by atoms with van der Waals surface area (Å²) < 4.78 is 24.5. The van der Waals surface area contributed by atoms with Crippen LogP contribution in [0.1, 0.15) is 26.7 Å². The normalized spacial score (nSPS) is 21.4. The zero-order valence-electron chi connectivity index (χ0n) is 7.08. The molecular formula is C7H15NO2S. The molecule has 1 fully saturated rings. The molecule has 11 heavy (non-hydrogen) atoms. The van der Waals surface area contributed by atoms with Gasteiger partial charge >= 0.3 is 0 Å². The lowest BCUT2D eigenvalue weighted by atomic mass is 10.4. The standard InChI is InChI=1S/C7H15NO2S/c1-7(2)11(9,10)8-5-3-4-6-8/h7H,3-6H2,1-2H3. The van der Waals surface area contributed by atoms with Gasteiger partial charge in [-0.3, -0.25) is 0 Å². The van der Waals surface area contributed by atoms with E-state index in [1.165, 1.54) is 0 Å². The summed E-state index contributed by atoms with van der Waals surface area (Å²) >= 11 is 0. The van der Waals surface area contributed by atoms with Gasteiger partial charge in [-0.15, -0.1) is 0 Å². The molecular weight excluding hydrogens is 162 g/mol. The molecule has 0 atom stereocenters. The Morgan fingerprint density at radius 1 is 1.18 bits per heavy atom. The van der Waals surface area contributed by atoms with Gasteiger partial charge in [0.2, 0.25) is 10.0 Å². The smallest absolute Gasteiger partial charge is 0.212 e. The Hall–Kier alpha value is -0.0900. The molecule has 1 heterocycles. The van der Waals surface area contributed by atoms with Crippen LogP contribution in [0.15, 0.2) is 0 Å². The lowest BCUT2D eigenvalue weighted by Crippen LogP contribution is -2.33. The van der Waals surface area contributed by atoms with Crippen molar-refractivity contribution in [3.63, 3.8) is 0 Å². The molecule has 3 nitrogen and oxygen atoms in total. The van der Waals surface area contributed by atoms with Crippen LogP contribution in [0.3, 0.4) is 0 Å². The molecule has 0 unspecified atom stereocenters. The predicted octanol–water partition coefficient (Wildman–Crippen LogP) is 0.820. The number of hydrogen-bond acceptors (Lipinski definition) is 2. The molecule has 0 aromatic carbocycles. The molecule has 0 aromatic heterocycles. The van der Waals surface area contributed by atoms with E-state index in [-0.39, 0.29) is 5.25 Å². The van der Waals surface area contributed by atoms with E-state index in [1.807, 2.05) is 0 Å². The summed E-state index contributed by atoms with van der Waals surface area (Å²) in [6.07, 6.45) is 2.04. The van der Waals surface area contributed by atoms with Crippen LogP contribution in [0.5, 0.6) is 0 Å². The summed E-state index contributed by atoms with van der Waals surface area (Å²) in [5, 5.41) is -0.263. The molecule has 0 N–H and O–H groups in total. The second-order valence-electron chi connectivity index (χ2n) is 3.20. The van der Waals surface area contributed by atoms with E-state index in [9.17, 15) is 8.42 Å². The molecule has 66 valence electrons. The van der Waals surface area contributed by atoms with Crippen molar-refractivity contribution in [2.45, 2.75) is 31.9 Å². The highest BCUT2D eigenvalue weighted by molar-refractivity contribution is 7.89. The molecule has 1 aliphatic rings. The maximum Gasteiger partial charge on any atom is 0.216 e. The monoisotopic (exact) mass is 177 g/mol. The number of sulfonamides is 1. The summed E-state index contributed by atoms with van der Waals surface area (Å²) in [6.45, 7) is 4.91. The van der Waals surface area contributed by atoms with Crippen LogP contribution < -0.4 is 0 Å². The Morgan fingerprint density at radius 3 is 2.00 bits per heavy atom. The van der Waals surface area contributed by atoms with E-state index in [0.29, 0.717) is 0 Å². The second-order valence-corrected chi connectivity index (χ2v) is 5.69. The van der Waals surface area contributed by atoms with Crippen molar-refractivity contribution in [1.29, 1.82) is 0 Å². The highest BCUT2D eigenvalue weighted by Crippen LogP contribution is 2.15. The molecule has 0 radical (unpaired) electrons. The van der Waals surface area contributed by atoms with Gasteiger partial charge in [0, 0.05) is 13.1 Å². The number of hydrogen-bond donors (Lipinski definition) is 0. The van der Waals surface area contributed by atoms with Crippen LogP contribution in [-0.4, -0.2) is 31.1 Å². The third kappa shape index (κ3) is 1.73. The van der Waals surface area contributed by atoms with Crippen molar-refractivity contribution in [1.82, 2.24) is 4.31 Å². The average Bonchev–Trinajstić information content (AvgIpc) is 2.37. The van der Waals surface area contributed by atoms with E-state index in [4.69, 9.17) is 0 Å². The molecule has 0 bridgehead atoms. The minimum Gasteiger partial charge on any atom is -0.212 e. The van der Waals surface area contributed by atoms with Gasteiger partial charge in [-0.1, -0.05) is 0 Å². The first-order valence-electron chi connectivity index (χ1n) is 4.04. The molecule has 0 aromatic rings. The Bertz CT molecular complexity index is 215. The van der Waals surface area contributed by atoms with E-state index in [2.05, 4.69) is 0 Å². The topological polar surface area (TPSA) is 37.4 Å². The summed E-state index contributed by atoms with van der Waals surface area (Å²) in [5.41, 5.74) is 0. The van der Waals surface area contributed by atoms with Crippen molar-refractivity contribution in [2.75, 3.05) is 13.1 Å². The minimum absolute atomic E-state index is 0.263. The van der Waals surface area contributed by atoms with Crippen LogP contribution in [-0.2, 0) is 10.0 Å². The second kappa shape index (κ2) is 3.11. The Kier molecular flexibility index (Phi) is 2.54. The van der Waals surface area contributed by atoms with E-state index >= 15 is 0 Å². The third-order valence-corrected chi connectivity index (χ3v) is 4.30. The molecule has 4 heteroatoms. The zero-order valence-corrected chi connectivity index (χ0v) is 7.89. The Labute approximate surface area is 68.4 Å². The SMILES string of the molecule is CC(C)S(=O)(=O)N1CCCC1. The van der Waals surface area contributed by atoms with Crippen molar-refractivity contribution >= 4 is 10.0 Å². The fourth-order valence-corrected chi connectivity index (χ4v) is 2.60. The van der Waals surface area contributed by atoms with Gasteiger partial charge in [-0.2, -0.15) is 0 Å². The van der Waals surface area contributed by atoms with E-state index in [1.54, 1.807) is 18.2 Å². The van der Waals surface area contributed by atoms with Crippen LogP contribution in [0, 0.1) is 0 Å². The average molecular weight is 177 g/mol. The van der Waals surface area contributed by atoms with Gasteiger partial charge in [0.05, 0.1) is 5.25 Å². The largest absolute Gasteiger partial charge is 0.216 e. The summed E-state index contributed by atoms with van der Waals surface area (Å²) in [7, 11) is -2.94. The summed E-state index contributed by atoms with van der Waals surface area (Å²) in [5.74, 6) is 0. The Morgan fingerprint density at radius 2 is 1.64 bits per heavy atom. The number of nitrogens with zero attached hydrogens (tertiary/aromatic N) is 1. The highest BCUT2D eigenvalue weighted by Gasteiger charge is 2.27. The molecule has 0 aliphatic carbocycles. The van der Waals surface area contributed by atoms with Crippen LogP contribution in [0.25, 0.3) is 0 Å². The van der Waals surface area contributed by atoms with Gasteiger partial charge in [0.15, 0.2) is 0 Å². The lowest BCUT2D eigenvalue weighted by Gasteiger charge is -2.17. The van der Waals surface area contributed by atoms with Gasteiger partial charge in [-0.25, -0.2) is 12.7 Å². The third-order valence-electron chi connectivity index (χ3n) is 2.02. The number of rotatable bonds is 2. The predicted molar refractivity (Wildman–Crippen MR) is 44.9 cm³/mol. The fourth-order valence-electron chi connectivity index (χ4n) is 1.24. The molecule has 1 saturated heterocycles. The summed E-state index contributed by atoms with van der Waals surface area (Å²) in [6, 6.07) is 0. The van der Waals surface area contributed by atoms with Gasteiger partial charge < -0.3 is 0 Å². The van der Waals surface area contributed by atoms with Gasteiger partial charge in [-0.05, 0) is 26.7 Å². The van der Waals surface area contributed by atoms with Gasteiger partial charge in [0.25, 0.3) is 0 Å². The quantitative estimate of drug-likeness (QED) is 0.626. The summed E-state index contributed by atoms with van der Waals surface area (Å²) in [4.78, 5) is 0. The highest BCUT2D eigenvalue weighted by atomic mass is 32.2. The van der Waals surface area contributed by atoms with Crippen LogP contribution in [0.4, 0.5) is 0 Å². The Balaban J connectivity index is 2.72. The molecule has 0 spiro atoms. The van der Waals surface area contributed by atoms with Gasteiger partial charge in [0.1, 0.15) is 0 Å². The van der Waals surface area contributed by atoms with E-state index < -0.39 is 10.0 Å². The maximum atomic E-state index is 11.5. The lowest BCUT2D eigenvalue weighted by molar-refractivity contribution is 0.470. The zero-order chi connectivity index (χ0) is 8.48. The molecule has 1 rings (SSSR count).